The van der Waals surface area contributed by atoms with Gasteiger partial charge in [0.1, 0.15) is 17.3 Å². The van der Waals surface area contributed by atoms with E-state index in [1.165, 1.54) is 0 Å². The summed E-state index contributed by atoms with van der Waals surface area (Å²) in [5.41, 5.74) is 9.44. The molecule has 0 fully saturated rings. The Balaban J connectivity index is 2.53. The van der Waals surface area contributed by atoms with Crippen molar-refractivity contribution in [3.05, 3.63) is 34.6 Å². The largest absolute Gasteiger partial charge is 0.383 e. The van der Waals surface area contributed by atoms with Gasteiger partial charge in [-0.3, -0.25) is 0 Å². The third kappa shape index (κ3) is 3.41. The van der Waals surface area contributed by atoms with Crippen LogP contribution in [0.4, 0.5) is 5.82 Å². The Hall–Kier alpha value is -1.48. The fourth-order valence-corrected chi connectivity index (χ4v) is 2.81. The molecule has 1 aromatic heterocycles. The molecular formula is C17H24ClN3. The minimum atomic E-state index is 0.538. The van der Waals surface area contributed by atoms with Gasteiger partial charge in [-0.1, -0.05) is 38.4 Å². The lowest BCUT2D eigenvalue weighted by atomic mass is 10.1. The van der Waals surface area contributed by atoms with Crippen molar-refractivity contribution in [2.45, 2.75) is 47.1 Å². The topological polar surface area (TPSA) is 43.8 Å². The summed E-state index contributed by atoms with van der Waals surface area (Å²) in [4.78, 5) is 4.81. The Kier molecular flexibility index (Phi) is 4.94. The molecule has 1 heterocycles. The molecule has 4 heteroatoms. The third-order valence-electron chi connectivity index (χ3n) is 3.55. The second-order valence-electron chi connectivity index (χ2n) is 5.98. The van der Waals surface area contributed by atoms with E-state index in [-0.39, 0.29) is 0 Å². The van der Waals surface area contributed by atoms with Gasteiger partial charge >= 0.3 is 0 Å². The molecule has 1 aromatic carbocycles. The van der Waals surface area contributed by atoms with Gasteiger partial charge in [0, 0.05) is 23.6 Å². The molecule has 0 spiro atoms. The van der Waals surface area contributed by atoms with Gasteiger partial charge in [0.25, 0.3) is 0 Å². The number of nitrogens with two attached hydrogens (primary N) is 1. The van der Waals surface area contributed by atoms with Crippen LogP contribution >= 0.6 is 11.6 Å². The molecule has 2 rings (SSSR count). The molecule has 0 aliphatic heterocycles. The highest BCUT2D eigenvalue weighted by Gasteiger charge is 2.17. The van der Waals surface area contributed by atoms with Gasteiger partial charge in [0.05, 0.1) is 0 Å². The number of halogens is 1. The summed E-state index contributed by atoms with van der Waals surface area (Å²) in [5.74, 6) is 2.38. The van der Waals surface area contributed by atoms with Crippen LogP contribution in [-0.2, 0) is 13.0 Å². The number of hydrogen-bond donors (Lipinski definition) is 1. The van der Waals surface area contributed by atoms with E-state index in [1.54, 1.807) is 0 Å². The summed E-state index contributed by atoms with van der Waals surface area (Å²) in [6.45, 7) is 9.50. The quantitative estimate of drug-likeness (QED) is 0.870. The minimum absolute atomic E-state index is 0.538. The Morgan fingerprint density at radius 1 is 1.33 bits per heavy atom. The highest BCUT2D eigenvalue weighted by Crippen LogP contribution is 2.31. The highest BCUT2D eigenvalue weighted by molar-refractivity contribution is 6.30. The maximum Gasteiger partial charge on any atom is 0.131 e. The van der Waals surface area contributed by atoms with Gasteiger partial charge in [-0.05, 0) is 37.0 Å². The number of aromatic nitrogens is 2. The summed E-state index contributed by atoms with van der Waals surface area (Å²) in [6.07, 6.45) is 2.01. The van der Waals surface area contributed by atoms with E-state index in [1.807, 2.05) is 25.1 Å². The zero-order valence-electron chi connectivity index (χ0n) is 13.3. The molecule has 0 saturated heterocycles. The van der Waals surface area contributed by atoms with Crippen molar-refractivity contribution in [3.63, 3.8) is 0 Å². The molecule has 0 unspecified atom stereocenters. The summed E-state index contributed by atoms with van der Waals surface area (Å²) in [5, 5.41) is 0.741. The molecule has 0 amide bonds. The maximum absolute atomic E-state index is 6.39. The Morgan fingerprint density at radius 3 is 2.62 bits per heavy atom. The Labute approximate surface area is 132 Å². The van der Waals surface area contributed by atoms with Crippen LogP contribution in [-0.4, -0.2) is 9.55 Å². The molecule has 0 aliphatic rings. The van der Waals surface area contributed by atoms with E-state index in [0.717, 1.165) is 52.9 Å². The lowest BCUT2D eigenvalue weighted by molar-refractivity contribution is 0.510. The smallest absolute Gasteiger partial charge is 0.131 e. The van der Waals surface area contributed by atoms with Crippen LogP contribution in [0.2, 0.25) is 5.02 Å². The van der Waals surface area contributed by atoms with Crippen molar-refractivity contribution < 1.29 is 0 Å². The molecule has 0 aliphatic carbocycles. The van der Waals surface area contributed by atoms with Crippen LogP contribution < -0.4 is 5.73 Å². The second-order valence-corrected chi connectivity index (χ2v) is 6.41. The van der Waals surface area contributed by atoms with Gasteiger partial charge in [-0.15, -0.1) is 0 Å². The van der Waals surface area contributed by atoms with Gasteiger partial charge in [-0.25, -0.2) is 4.98 Å². The zero-order chi connectivity index (χ0) is 15.6. The van der Waals surface area contributed by atoms with Crippen molar-refractivity contribution in [2.24, 2.45) is 5.92 Å². The number of nitrogen functional groups attached to an aromatic ring is 1. The SMILES string of the molecule is CCCc1nc(-c2ccc(Cl)cc2C)c(N)n1CC(C)C. The normalized spacial score (nSPS) is 11.3. The van der Waals surface area contributed by atoms with Crippen molar-refractivity contribution in [1.29, 1.82) is 0 Å². The van der Waals surface area contributed by atoms with Crippen LogP contribution in [0.25, 0.3) is 11.3 Å². The Morgan fingerprint density at radius 2 is 2.05 bits per heavy atom. The van der Waals surface area contributed by atoms with Crippen molar-refractivity contribution in [3.8, 4) is 11.3 Å². The first-order valence-corrected chi connectivity index (χ1v) is 7.93. The summed E-state index contributed by atoms with van der Waals surface area (Å²) in [6, 6.07) is 5.85. The molecule has 21 heavy (non-hydrogen) atoms. The minimum Gasteiger partial charge on any atom is -0.383 e. The van der Waals surface area contributed by atoms with Crippen molar-refractivity contribution in [2.75, 3.05) is 5.73 Å². The number of nitrogens with zero attached hydrogens (tertiary/aromatic N) is 2. The zero-order valence-corrected chi connectivity index (χ0v) is 14.0. The van der Waals surface area contributed by atoms with E-state index in [4.69, 9.17) is 22.3 Å². The summed E-state index contributed by atoms with van der Waals surface area (Å²) >= 11 is 6.04. The van der Waals surface area contributed by atoms with Crippen LogP contribution in [0.15, 0.2) is 18.2 Å². The predicted octanol–water partition coefficient (Wildman–Crippen LogP) is 4.70. The number of imidazole rings is 1. The van der Waals surface area contributed by atoms with Crippen LogP contribution in [0.1, 0.15) is 38.6 Å². The monoisotopic (exact) mass is 305 g/mol. The van der Waals surface area contributed by atoms with E-state index in [0.29, 0.717) is 5.92 Å². The average molecular weight is 306 g/mol. The number of rotatable bonds is 5. The standard InChI is InChI=1S/C17H24ClN3/c1-5-6-15-20-16(17(19)21(15)10-11(2)3)14-8-7-13(18)9-12(14)4/h7-9,11H,5-6,10,19H2,1-4H3. The van der Waals surface area contributed by atoms with Crippen molar-refractivity contribution in [1.82, 2.24) is 9.55 Å². The number of aryl methyl sites for hydroxylation is 2. The fourth-order valence-electron chi connectivity index (χ4n) is 2.59. The van der Waals surface area contributed by atoms with Gasteiger partial charge < -0.3 is 10.3 Å². The number of benzene rings is 1. The predicted molar refractivity (Wildman–Crippen MR) is 90.7 cm³/mol. The van der Waals surface area contributed by atoms with Crippen molar-refractivity contribution >= 4 is 17.4 Å². The van der Waals surface area contributed by atoms with Crippen LogP contribution in [0.3, 0.4) is 0 Å². The molecule has 114 valence electrons. The number of hydrogen-bond acceptors (Lipinski definition) is 2. The summed E-state index contributed by atoms with van der Waals surface area (Å²) in [7, 11) is 0. The third-order valence-corrected chi connectivity index (χ3v) is 3.79. The molecule has 0 bridgehead atoms. The first kappa shape index (κ1) is 15.9. The molecule has 0 atom stereocenters. The molecule has 0 saturated carbocycles. The Bertz CT molecular complexity index is 629. The molecule has 2 aromatic rings. The lowest BCUT2D eigenvalue weighted by Crippen LogP contribution is -2.11. The molecule has 0 radical (unpaired) electrons. The van der Waals surface area contributed by atoms with E-state index >= 15 is 0 Å². The fraction of sp³-hybridized carbons (Fsp3) is 0.471. The average Bonchev–Trinajstić information content (AvgIpc) is 2.68. The molecule has 2 N–H and O–H groups in total. The first-order chi connectivity index (χ1) is 9.93. The lowest BCUT2D eigenvalue weighted by Gasteiger charge is -2.12. The van der Waals surface area contributed by atoms with Gasteiger partial charge in [0.2, 0.25) is 0 Å². The van der Waals surface area contributed by atoms with Crippen LogP contribution in [0.5, 0.6) is 0 Å². The van der Waals surface area contributed by atoms with Gasteiger partial charge in [0.15, 0.2) is 0 Å². The van der Waals surface area contributed by atoms with Gasteiger partial charge in [-0.2, -0.15) is 0 Å². The van der Waals surface area contributed by atoms with Crippen LogP contribution in [0, 0.1) is 12.8 Å². The maximum atomic E-state index is 6.39. The second kappa shape index (κ2) is 6.52. The van der Waals surface area contributed by atoms with E-state index < -0.39 is 0 Å². The summed E-state index contributed by atoms with van der Waals surface area (Å²) < 4.78 is 2.16. The number of anilines is 1. The first-order valence-electron chi connectivity index (χ1n) is 7.55. The van der Waals surface area contributed by atoms with E-state index in [2.05, 4.69) is 25.3 Å². The molecule has 3 nitrogen and oxygen atoms in total. The highest BCUT2D eigenvalue weighted by atomic mass is 35.5. The molecular weight excluding hydrogens is 282 g/mol. The van der Waals surface area contributed by atoms with E-state index in [9.17, 15) is 0 Å².